The van der Waals surface area contributed by atoms with Crippen LogP contribution >= 0.6 is 24.8 Å². The van der Waals surface area contributed by atoms with E-state index in [2.05, 4.69) is 48.1 Å². The van der Waals surface area contributed by atoms with Gasteiger partial charge in [-0.2, -0.15) is 0 Å². The maximum atomic E-state index is 11.9. The number of unbranched alkanes of at least 4 members (excludes halogenated alkanes) is 1. The fourth-order valence-corrected chi connectivity index (χ4v) is 4.02. The van der Waals surface area contributed by atoms with Crippen molar-refractivity contribution in [3.05, 3.63) is 36.5 Å². The van der Waals surface area contributed by atoms with Crippen molar-refractivity contribution in [2.45, 2.75) is 50.4 Å². The number of para-hydroxylation sites is 1. The van der Waals surface area contributed by atoms with E-state index in [0.717, 1.165) is 48.7 Å². The second-order valence-corrected chi connectivity index (χ2v) is 7.61. The Hall–Kier alpha value is -1.46. The van der Waals surface area contributed by atoms with E-state index >= 15 is 0 Å². The van der Waals surface area contributed by atoms with Crippen molar-refractivity contribution >= 4 is 55.2 Å². The molecule has 1 N–H and O–H groups in total. The van der Waals surface area contributed by atoms with E-state index < -0.39 is 11.3 Å². The number of carboxylic acids is 1. The normalized spacial score (nSPS) is 20.5. The number of hydrogen-bond donors (Lipinski definition) is 1. The Kier molecular flexibility index (Phi) is 8.43. The van der Waals surface area contributed by atoms with Crippen LogP contribution in [0, 0.1) is 5.92 Å². The molecule has 1 heterocycles. The molecule has 27 heavy (non-hydrogen) atoms. The van der Waals surface area contributed by atoms with Crippen molar-refractivity contribution in [2.75, 3.05) is 11.9 Å². The molecule has 0 aliphatic heterocycles. The lowest BCUT2D eigenvalue weighted by molar-refractivity contribution is -0.144. The molecule has 1 aliphatic carbocycles. The van der Waals surface area contributed by atoms with Gasteiger partial charge in [-0.15, -0.1) is 24.8 Å². The number of aromatic nitrogens is 1. The van der Waals surface area contributed by atoms with Gasteiger partial charge in [-0.1, -0.05) is 38.0 Å². The summed E-state index contributed by atoms with van der Waals surface area (Å²) in [5, 5.41) is 10.3. The molecule has 0 radical (unpaired) electrons. The number of nitrogens with zero attached hydrogens (tertiary/aromatic N) is 2. The molecule has 7 heteroatoms. The lowest BCUT2D eigenvalue weighted by atomic mass is 9.51. The standard InChI is InChI=1S/C20H27BN2O2.2ClH/c1-3-4-10-20(21,19(24)25)15-12-16(13-15)23(2)17-9-5-7-14-8-6-11-22-18(14)17;;/h5-9,11,15-16H,3-4,10,12-13,21H2,1-2H3,(H,24,25);2*1H. The fraction of sp³-hybridized carbons (Fsp3) is 0.500. The van der Waals surface area contributed by atoms with Crippen molar-refractivity contribution in [3.8, 4) is 0 Å². The largest absolute Gasteiger partial charge is 0.481 e. The molecular weight excluding hydrogens is 382 g/mol. The molecular formula is C20H29BCl2N2O2. The highest BCUT2D eigenvalue weighted by atomic mass is 35.5. The monoisotopic (exact) mass is 410 g/mol. The topological polar surface area (TPSA) is 53.4 Å². The van der Waals surface area contributed by atoms with Gasteiger partial charge in [-0.3, -0.25) is 9.78 Å². The quantitative estimate of drug-likeness (QED) is 0.689. The van der Waals surface area contributed by atoms with Crippen LogP contribution in [0.2, 0.25) is 5.31 Å². The highest BCUT2D eigenvalue weighted by Crippen LogP contribution is 2.50. The Morgan fingerprint density at radius 3 is 2.59 bits per heavy atom. The third-order valence-electron chi connectivity index (χ3n) is 6.09. The molecule has 2 aromatic rings. The van der Waals surface area contributed by atoms with Gasteiger partial charge in [-0.05, 0) is 37.3 Å². The van der Waals surface area contributed by atoms with Gasteiger partial charge in [0.25, 0.3) is 0 Å². The minimum Gasteiger partial charge on any atom is -0.481 e. The Balaban J connectivity index is 0.00000182. The van der Waals surface area contributed by atoms with Gasteiger partial charge >= 0.3 is 5.97 Å². The number of carboxylic acid groups (broad SMARTS) is 1. The first-order chi connectivity index (χ1) is 12.0. The fourth-order valence-electron chi connectivity index (χ4n) is 4.02. The van der Waals surface area contributed by atoms with Gasteiger partial charge in [0.1, 0.15) is 7.85 Å². The molecule has 3 rings (SSSR count). The molecule has 148 valence electrons. The lowest BCUT2D eigenvalue weighted by Gasteiger charge is -2.49. The van der Waals surface area contributed by atoms with Crippen LogP contribution in [0.1, 0.15) is 39.0 Å². The number of halogens is 2. The van der Waals surface area contributed by atoms with E-state index in [1.807, 2.05) is 20.1 Å². The van der Waals surface area contributed by atoms with Crippen LogP contribution < -0.4 is 4.90 Å². The Morgan fingerprint density at radius 2 is 1.96 bits per heavy atom. The maximum Gasteiger partial charge on any atom is 0.301 e. The third-order valence-corrected chi connectivity index (χ3v) is 6.09. The zero-order valence-electron chi connectivity index (χ0n) is 16.2. The summed E-state index contributed by atoms with van der Waals surface area (Å²) in [6.45, 7) is 2.12. The van der Waals surface area contributed by atoms with Crippen LogP contribution in [0.3, 0.4) is 0 Å². The second-order valence-electron chi connectivity index (χ2n) is 7.61. The molecule has 0 amide bonds. The molecule has 1 aromatic heterocycles. The second kappa shape index (κ2) is 9.65. The number of hydrogen-bond acceptors (Lipinski definition) is 3. The summed E-state index contributed by atoms with van der Waals surface area (Å²) in [5.74, 6) is -0.384. The molecule has 1 saturated carbocycles. The molecule has 1 aromatic carbocycles. The van der Waals surface area contributed by atoms with E-state index in [1.165, 1.54) is 0 Å². The summed E-state index contributed by atoms with van der Waals surface area (Å²) in [5.41, 5.74) is 2.15. The average Bonchev–Trinajstić information content (AvgIpc) is 2.57. The van der Waals surface area contributed by atoms with Crippen molar-refractivity contribution in [1.29, 1.82) is 0 Å². The van der Waals surface area contributed by atoms with Crippen LogP contribution in [0.5, 0.6) is 0 Å². The maximum absolute atomic E-state index is 11.9. The number of benzene rings is 1. The van der Waals surface area contributed by atoms with Gasteiger partial charge in [-0.25, -0.2) is 0 Å². The Morgan fingerprint density at radius 1 is 1.30 bits per heavy atom. The van der Waals surface area contributed by atoms with Crippen LogP contribution in [0.25, 0.3) is 10.9 Å². The minimum atomic E-state index is -0.640. The number of fused-ring (bicyclic) bond motifs is 1. The van der Waals surface area contributed by atoms with Gasteiger partial charge < -0.3 is 10.0 Å². The number of anilines is 1. The SMILES string of the molecule is BC(CCCC)(C(=O)O)C1CC(N(C)c2cccc3cccnc23)C1.Cl.Cl. The van der Waals surface area contributed by atoms with E-state index in [9.17, 15) is 9.90 Å². The molecule has 1 atom stereocenters. The smallest absolute Gasteiger partial charge is 0.301 e. The first-order valence-electron chi connectivity index (χ1n) is 9.27. The molecule has 0 saturated heterocycles. The van der Waals surface area contributed by atoms with Gasteiger partial charge in [0, 0.05) is 30.0 Å². The number of pyridine rings is 1. The first kappa shape index (κ1) is 23.6. The highest BCUT2D eigenvalue weighted by molar-refractivity contribution is 6.27. The van der Waals surface area contributed by atoms with Crippen molar-refractivity contribution in [3.63, 3.8) is 0 Å². The van der Waals surface area contributed by atoms with Gasteiger partial charge in [0.2, 0.25) is 0 Å². The average molecular weight is 411 g/mol. The number of aliphatic carboxylic acids is 1. The summed E-state index contributed by atoms with van der Waals surface area (Å²) >= 11 is 0. The molecule has 1 aliphatic rings. The first-order valence-corrected chi connectivity index (χ1v) is 9.27. The third kappa shape index (κ3) is 4.52. The molecule has 1 unspecified atom stereocenters. The predicted octanol–water partition coefficient (Wildman–Crippen LogP) is 4.36. The summed E-state index contributed by atoms with van der Waals surface area (Å²) in [7, 11) is 4.04. The number of rotatable bonds is 7. The Labute approximate surface area is 175 Å². The van der Waals surface area contributed by atoms with Gasteiger partial charge in [0.15, 0.2) is 0 Å². The Bertz CT molecular complexity index is 765. The summed E-state index contributed by atoms with van der Waals surface area (Å²) in [6, 6.07) is 10.7. The van der Waals surface area contributed by atoms with E-state index in [0.29, 0.717) is 6.04 Å². The molecule has 1 fully saturated rings. The van der Waals surface area contributed by atoms with Crippen LogP contribution in [0.4, 0.5) is 5.69 Å². The summed E-state index contributed by atoms with van der Waals surface area (Å²) in [6.07, 6.45) is 6.50. The molecule has 0 bridgehead atoms. The van der Waals surface area contributed by atoms with Crippen molar-refractivity contribution < 1.29 is 9.90 Å². The van der Waals surface area contributed by atoms with Gasteiger partial charge in [0.05, 0.1) is 11.2 Å². The van der Waals surface area contributed by atoms with E-state index in [4.69, 9.17) is 0 Å². The van der Waals surface area contributed by atoms with Crippen molar-refractivity contribution in [2.24, 2.45) is 5.92 Å². The summed E-state index contributed by atoms with van der Waals surface area (Å²) < 4.78 is 0. The molecule has 0 spiro atoms. The zero-order valence-corrected chi connectivity index (χ0v) is 17.9. The van der Waals surface area contributed by atoms with Crippen molar-refractivity contribution in [1.82, 2.24) is 4.98 Å². The lowest BCUT2D eigenvalue weighted by Crippen LogP contribution is -2.49. The summed E-state index contributed by atoms with van der Waals surface area (Å²) in [4.78, 5) is 18.7. The molecule has 4 nitrogen and oxygen atoms in total. The predicted molar refractivity (Wildman–Crippen MR) is 120 cm³/mol. The van der Waals surface area contributed by atoms with E-state index in [1.54, 1.807) is 0 Å². The minimum absolute atomic E-state index is 0. The highest BCUT2D eigenvalue weighted by Gasteiger charge is 2.48. The number of carbonyl (C=O) groups is 1. The van der Waals surface area contributed by atoms with E-state index in [-0.39, 0.29) is 30.7 Å². The van der Waals surface area contributed by atoms with Crippen LogP contribution in [-0.4, -0.2) is 37.0 Å². The van der Waals surface area contributed by atoms with Crippen LogP contribution in [-0.2, 0) is 4.79 Å². The van der Waals surface area contributed by atoms with Crippen LogP contribution in [0.15, 0.2) is 36.5 Å². The zero-order chi connectivity index (χ0) is 18.0.